The summed E-state index contributed by atoms with van der Waals surface area (Å²) in [5.41, 5.74) is 3.16. The molecule has 9 nitrogen and oxygen atoms in total. The Kier molecular flexibility index (Phi) is 6.77. The molecule has 4 aromatic rings. The highest BCUT2D eigenvalue weighted by molar-refractivity contribution is 5.92. The zero-order valence-electron chi connectivity index (χ0n) is 21.3. The van der Waals surface area contributed by atoms with E-state index in [1.54, 1.807) is 43.4 Å². The number of pyridine rings is 3. The van der Waals surface area contributed by atoms with Crippen LogP contribution < -0.4 is 10.5 Å². The van der Waals surface area contributed by atoms with Crippen LogP contribution in [-0.2, 0) is 7.05 Å². The summed E-state index contributed by atoms with van der Waals surface area (Å²) < 4.78 is 15.2. The fourth-order valence-electron chi connectivity index (χ4n) is 5.23. The minimum Gasteiger partial charge on any atom is -0.366 e. The van der Waals surface area contributed by atoms with Crippen molar-refractivity contribution in [2.75, 3.05) is 24.5 Å². The Morgan fingerprint density at radius 1 is 1.00 bits per heavy atom. The van der Waals surface area contributed by atoms with Crippen LogP contribution in [0.4, 0.5) is 10.1 Å². The van der Waals surface area contributed by atoms with Crippen molar-refractivity contribution in [3.05, 3.63) is 99.0 Å². The van der Waals surface area contributed by atoms with Gasteiger partial charge in [0.15, 0.2) is 0 Å². The van der Waals surface area contributed by atoms with E-state index in [-0.39, 0.29) is 29.2 Å². The Hall–Kier alpha value is -5.11. The quantitative estimate of drug-likeness (QED) is 0.403. The first-order valence-corrected chi connectivity index (χ1v) is 12.3. The monoisotopic (exact) mass is 518 g/mol. The number of benzene rings is 1. The number of hydrogen-bond donors (Lipinski definition) is 0. The maximum Gasteiger partial charge on any atom is 0.270 e. The molecule has 1 aliphatic rings. The van der Waals surface area contributed by atoms with Gasteiger partial charge in [0.25, 0.3) is 5.56 Å². The Labute approximate surface area is 224 Å². The van der Waals surface area contributed by atoms with Gasteiger partial charge in [-0.1, -0.05) is 12.1 Å². The highest BCUT2D eigenvalue weighted by Crippen LogP contribution is 2.34. The first kappa shape index (κ1) is 25.5. The predicted octanol–water partition coefficient (Wildman–Crippen LogP) is 3.38. The number of aromatic nitrogens is 3. The molecule has 5 rings (SSSR count). The van der Waals surface area contributed by atoms with Gasteiger partial charge in [-0.25, -0.2) is 9.37 Å². The third kappa shape index (κ3) is 4.57. The molecule has 2 atom stereocenters. The average molecular weight is 519 g/mol. The summed E-state index contributed by atoms with van der Waals surface area (Å²) in [5.74, 6) is -0.339. The molecule has 0 aliphatic carbocycles. The van der Waals surface area contributed by atoms with Crippen LogP contribution in [0, 0.1) is 39.8 Å². The summed E-state index contributed by atoms with van der Waals surface area (Å²) in [7, 11) is 1.58. The van der Waals surface area contributed by atoms with Crippen LogP contribution >= 0.6 is 0 Å². The lowest BCUT2D eigenvalue weighted by atomic mass is 9.97. The van der Waals surface area contributed by atoms with Crippen molar-refractivity contribution in [3.63, 3.8) is 0 Å². The lowest BCUT2D eigenvalue weighted by molar-refractivity contribution is 0.147. The first-order valence-electron chi connectivity index (χ1n) is 12.3. The summed E-state index contributed by atoms with van der Waals surface area (Å²) in [6.07, 6.45) is 1.52. The summed E-state index contributed by atoms with van der Waals surface area (Å²) in [6.45, 7) is 3.50. The number of fused-ring (bicyclic) bond motifs is 1. The molecular weight excluding hydrogens is 495 g/mol. The van der Waals surface area contributed by atoms with Gasteiger partial charge in [0.1, 0.15) is 40.8 Å². The molecular formula is C29H23FN8O. The SMILES string of the molecule is C[C@@H]1CN(c2c(C#N)c(=O)n(C)c3ccc(C#N)nc23)CCN1C(c1ccc(F)cc1)c1ccc(C#N)cn1. The molecule has 0 amide bonds. The van der Waals surface area contributed by atoms with Crippen LogP contribution in [0.5, 0.6) is 0 Å². The standard InChI is InChI=1S/C29H23FN8O/c1-18-17-37(28-23(15-33)29(39)36(2)25-10-8-22(14-32)35-26(25)28)11-12-38(18)27(20-4-6-21(30)7-5-20)24-9-3-19(13-31)16-34-24/h3-10,16,18,27H,11-12,17H2,1-2H3/t18-,27?/m1/s1. The average Bonchev–Trinajstić information content (AvgIpc) is 2.96. The molecule has 1 fully saturated rings. The van der Waals surface area contributed by atoms with E-state index in [0.29, 0.717) is 41.9 Å². The number of aryl methyl sites for hydroxylation is 1. The lowest BCUT2D eigenvalue weighted by Gasteiger charge is -2.45. The molecule has 3 aromatic heterocycles. The lowest BCUT2D eigenvalue weighted by Crippen LogP contribution is -2.54. The smallest absolute Gasteiger partial charge is 0.270 e. The van der Waals surface area contributed by atoms with Gasteiger partial charge < -0.3 is 9.47 Å². The van der Waals surface area contributed by atoms with Gasteiger partial charge in [0.2, 0.25) is 0 Å². The van der Waals surface area contributed by atoms with E-state index in [4.69, 9.17) is 0 Å². The number of nitriles is 3. The fraction of sp³-hybridized carbons (Fsp3) is 0.241. The molecule has 0 bridgehead atoms. The van der Waals surface area contributed by atoms with Crippen molar-refractivity contribution < 1.29 is 4.39 Å². The highest BCUT2D eigenvalue weighted by atomic mass is 19.1. The first-order chi connectivity index (χ1) is 18.9. The van der Waals surface area contributed by atoms with Crippen molar-refractivity contribution in [3.8, 4) is 18.2 Å². The molecule has 1 aliphatic heterocycles. The molecule has 192 valence electrons. The fourth-order valence-corrected chi connectivity index (χ4v) is 5.23. The molecule has 1 unspecified atom stereocenters. The van der Waals surface area contributed by atoms with Gasteiger partial charge in [0, 0.05) is 38.9 Å². The maximum absolute atomic E-state index is 13.8. The summed E-state index contributed by atoms with van der Waals surface area (Å²) in [4.78, 5) is 26.3. The van der Waals surface area contributed by atoms with Gasteiger partial charge in [-0.15, -0.1) is 0 Å². The van der Waals surface area contributed by atoms with Gasteiger partial charge in [-0.2, -0.15) is 15.8 Å². The van der Waals surface area contributed by atoms with E-state index in [9.17, 15) is 25.0 Å². The Bertz CT molecular complexity index is 1740. The van der Waals surface area contributed by atoms with Crippen LogP contribution in [0.1, 0.15) is 41.0 Å². The molecule has 0 spiro atoms. The predicted molar refractivity (Wildman–Crippen MR) is 142 cm³/mol. The normalized spacial score (nSPS) is 16.3. The van der Waals surface area contributed by atoms with Crippen molar-refractivity contribution >= 4 is 16.7 Å². The van der Waals surface area contributed by atoms with E-state index in [1.807, 2.05) is 17.9 Å². The number of halogens is 1. The summed E-state index contributed by atoms with van der Waals surface area (Å²) in [5, 5.41) is 28.6. The second-order valence-electron chi connectivity index (χ2n) is 9.45. The van der Waals surface area contributed by atoms with Crippen LogP contribution in [0.15, 0.2) is 59.5 Å². The topological polar surface area (TPSA) is 126 Å². The summed E-state index contributed by atoms with van der Waals surface area (Å²) in [6, 6.07) is 18.8. The maximum atomic E-state index is 13.8. The van der Waals surface area contributed by atoms with Gasteiger partial charge >= 0.3 is 0 Å². The van der Waals surface area contributed by atoms with Crippen molar-refractivity contribution in [2.24, 2.45) is 7.05 Å². The molecule has 0 N–H and O–H groups in total. The number of nitrogens with zero attached hydrogens (tertiary/aromatic N) is 8. The third-order valence-corrected chi connectivity index (χ3v) is 7.15. The third-order valence-electron chi connectivity index (χ3n) is 7.15. The largest absolute Gasteiger partial charge is 0.366 e. The zero-order chi connectivity index (χ0) is 27.7. The van der Waals surface area contributed by atoms with E-state index in [1.165, 1.54) is 22.9 Å². The van der Waals surface area contributed by atoms with Gasteiger partial charge in [-0.05, 0) is 48.9 Å². The van der Waals surface area contributed by atoms with Crippen molar-refractivity contribution in [1.29, 1.82) is 15.8 Å². The Balaban J connectivity index is 1.56. The van der Waals surface area contributed by atoms with E-state index in [0.717, 1.165) is 11.3 Å². The minimum absolute atomic E-state index is 0.0166. The molecule has 1 aromatic carbocycles. The zero-order valence-corrected chi connectivity index (χ0v) is 21.3. The molecule has 0 saturated carbocycles. The molecule has 0 radical (unpaired) electrons. The molecule has 10 heteroatoms. The molecule has 39 heavy (non-hydrogen) atoms. The van der Waals surface area contributed by atoms with Gasteiger partial charge in [-0.3, -0.25) is 14.7 Å². The molecule has 4 heterocycles. The van der Waals surface area contributed by atoms with Gasteiger partial charge in [0.05, 0.1) is 28.5 Å². The Morgan fingerprint density at radius 3 is 2.38 bits per heavy atom. The van der Waals surface area contributed by atoms with Crippen LogP contribution in [0.2, 0.25) is 0 Å². The minimum atomic E-state index is -0.424. The highest BCUT2D eigenvalue weighted by Gasteiger charge is 2.34. The molecule has 1 saturated heterocycles. The van der Waals surface area contributed by atoms with E-state index in [2.05, 4.69) is 27.0 Å². The van der Waals surface area contributed by atoms with Crippen LogP contribution in [0.3, 0.4) is 0 Å². The number of piperazine rings is 1. The second-order valence-corrected chi connectivity index (χ2v) is 9.45. The summed E-state index contributed by atoms with van der Waals surface area (Å²) >= 11 is 0. The number of hydrogen-bond acceptors (Lipinski definition) is 8. The van der Waals surface area contributed by atoms with E-state index >= 15 is 0 Å². The van der Waals surface area contributed by atoms with Crippen LogP contribution in [0.25, 0.3) is 11.0 Å². The Morgan fingerprint density at radius 2 is 1.77 bits per heavy atom. The van der Waals surface area contributed by atoms with Crippen molar-refractivity contribution in [1.82, 2.24) is 19.4 Å². The van der Waals surface area contributed by atoms with E-state index < -0.39 is 5.56 Å². The van der Waals surface area contributed by atoms with Crippen molar-refractivity contribution in [2.45, 2.75) is 19.0 Å². The van der Waals surface area contributed by atoms with Crippen LogP contribution in [-0.4, -0.2) is 45.1 Å². The number of anilines is 1. The second kappa shape index (κ2) is 10.3. The number of rotatable bonds is 4.